The van der Waals surface area contributed by atoms with Crippen LogP contribution in [0.1, 0.15) is 38.5 Å². The number of para-hydroxylation sites is 2. The van der Waals surface area contributed by atoms with Crippen LogP contribution in [0.5, 0.6) is 0 Å². The summed E-state index contributed by atoms with van der Waals surface area (Å²) >= 11 is 0. The molecule has 1 aliphatic carbocycles. The SMILES string of the molecule is CC[C@]1(O)CCC[C@H]2CN(C(=O)Cc3nc4ccccc4o3)C[C@H]21. The van der Waals surface area contributed by atoms with Gasteiger partial charge in [-0.1, -0.05) is 25.5 Å². The number of fused-ring (bicyclic) bond motifs is 2. The maximum Gasteiger partial charge on any atom is 0.231 e. The Morgan fingerprint density at radius 2 is 2.25 bits per heavy atom. The second kappa shape index (κ2) is 5.88. The number of aromatic nitrogens is 1. The van der Waals surface area contributed by atoms with Gasteiger partial charge in [0.25, 0.3) is 0 Å². The molecule has 5 heteroatoms. The van der Waals surface area contributed by atoms with E-state index in [1.165, 1.54) is 0 Å². The van der Waals surface area contributed by atoms with Gasteiger partial charge in [0.2, 0.25) is 11.8 Å². The number of amides is 1. The lowest BCUT2D eigenvalue weighted by molar-refractivity contribution is -0.130. The highest BCUT2D eigenvalue weighted by atomic mass is 16.3. The molecule has 2 heterocycles. The molecule has 1 aromatic heterocycles. The van der Waals surface area contributed by atoms with Crippen LogP contribution >= 0.6 is 0 Å². The van der Waals surface area contributed by atoms with Crippen LogP contribution in [0.2, 0.25) is 0 Å². The van der Waals surface area contributed by atoms with Crippen LogP contribution < -0.4 is 0 Å². The number of oxazole rings is 1. The summed E-state index contributed by atoms with van der Waals surface area (Å²) in [6.45, 7) is 3.46. The van der Waals surface area contributed by atoms with Crippen molar-refractivity contribution in [2.45, 2.75) is 44.6 Å². The van der Waals surface area contributed by atoms with E-state index in [1.807, 2.05) is 36.1 Å². The summed E-state index contributed by atoms with van der Waals surface area (Å²) in [4.78, 5) is 19.0. The zero-order valence-electron chi connectivity index (χ0n) is 14.1. The van der Waals surface area contributed by atoms with Gasteiger partial charge in [-0.15, -0.1) is 0 Å². The molecule has 0 unspecified atom stereocenters. The molecule has 2 aliphatic rings. The van der Waals surface area contributed by atoms with Crippen molar-refractivity contribution in [3.63, 3.8) is 0 Å². The monoisotopic (exact) mass is 328 g/mol. The molecule has 1 aliphatic heterocycles. The fourth-order valence-corrected chi connectivity index (χ4v) is 4.51. The van der Waals surface area contributed by atoms with Gasteiger partial charge < -0.3 is 14.4 Å². The molecule has 1 N–H and O–H groups in total. The predicted molar refractivity (Wildman–Crippen MR) is 90.4 cm³/mol. The lowest BCUT2D eigenvalue weighted by Crippen LogP contribution is -2.44. The minimum Gasteiger partial charge on any atom is -0.440 e. The molecule has 128 valence electrons. The molecule has 24 heavy (non-hydrogen) atoms. The Morgan fingerprint density at radius 3 is 3.04 bits per heavy atom. The van der Waals surface area contributed by atoms with Crippen LogP contribution in [0, 0.1) is 11.8 Å². The minimum atomic E-state index is -0.602. The molecule has 2 fully saturated rings. The first-order valence-electron chi connectivity index (χ1n) is 8.93. The summed E-state index contributed by atoms with van der Waals surface area (Å²) in [7, 11) is 0. The fourth-order valence-electron chi connectivity index (χ4n) is 4.51. The Balaban J connectivity index is 1.47. The van der Waals surface area contributed by atoms with Gasteiger partial charge >= 0.3 is 0 Å². The van der Waals surface area contributed by atoms with Crippen LogP contribution in [-0.2, 0) is 11.2 Å². The summed E-state index contributed by atoms with van der Waals surface area (Å²) in [6, 6.07) is 7.56. The molecule has 4 rings (SSSR count). The van der Waals surface area contributed by atoms with E-state index < -0.39 is 5.60 Å². The van der Waals surface area contributed by atoms with E-state index in [1.54, 1.807) is 0 Å². The average Bonchev–Trinajstić information content (AvgIpc) is 3.19. The van der Waals surface area contributed by atoms with E-state index in [0.717, 1.165) is 43.3 Å². The summed E-state index contributed by atoms with van der Waals surface area (Å²) in [5, 5.41) is 10.9. The van der Waals surface area contributed by atoms with Crippen molar-refractivity contribution in [1.82, 2.24) is 9.88 Å². The maximum absolute atomic E-state index is 12.7. The van der Waals surface area contributed by atoms with Gasteiger partial charge in [0.1, 0.15) is 11.9 Å². The zero-order chi connectivity index (χ0) is 16.7. The van der Waals surface area contributed by atoms with Gasteiger partial charge in [0.05, 0.1) is 5.60 Å². The predicted octanol–water partition coefficient (Wildman–Crippen LogP) is 2.77. The summed E-state index contributed by atoms with van der Waals surface area (Å²) in [5.74, 6) is 1.16. The first kappa shape index (κ1) is 15.6. The molecule has 2 aromatic rings. The number of hydrogen-bond donors (Lipinski definition) is 1. The molecule has 1 saturated carbocycles. The maximum atomic E-state index is 12.7. The van der Waals surface area contributed by atoms with Crippen molar-refractivity contribution in [1.29, 1.82) is 0 Å². The summed E-state index contributed by atoms with van der Waals surface area (Å²) in [5.41, 5.74) is 0.904. The molecule has 0 spiro atoms. The van der Waals surface area contributed by atoms with E-state index >= 15 is 0 Å². The molecule has 1 saturated heterocycles. The van der Waals surface area contributed by atoms with Crippen LogP contribution in [-0.4, -0.2) is 39.6 Å². The van der Waals surface area contributed by atoms with Gasteiger partial charge in [-0.3, -0.25) is 4.79 Å². The number of benzene rings is 1. The average molecular weight is 328 g/mol. The first-order valence-corrected chi connectivity index (χ1v) is 8.93. The number of carbonyl (C=O) groups is 1. The lowest BCUT2D eigenvalue weighted by Gasteiger charge is -2.40. The number of likely N-dealkylation sites (tertiary alicyclic amines) is 1. The van der Waals surface area contributed by atoms with Crippen molar-refractivity contribution in [2.75, 3.05) is 13.1 Å². The Hall–Kier alpha value is -1.88. The summed E-state index contributed by atoms with van der Waals surface area (Å²) in [6.07, 6.45) is 3.98. The Labute approximate surface area is 141 Å². The third-order valence-electron chi connectivity index (χ3n) is 5.92. The van der Waals surface area contributed by atoms with Gasteiger partial charge in [0, 0.05) is 19.0 Å². The number of rotatable bonds is 3. The third kappa shape index (κ3) is 2.61. The Bertz CT molecular complexity index is 723. The van der Waals surface area contributed by atoms with Crippen molar-refractivity contribution in [2.24, 2.45) is 11.8 Å². The molecule has 3 atom stereocenters. The molecule has 1 aromatic carbocycles. The number of hydrogen-bond acceptors (Lipinski definition) is 4. The fraction of sp³-hybridized carbons (Fsp3) is 0.579. The Morgan fingerprint density at radius 1 is 1.42 bits per heavy atom. The highest BCUT2D eigenvalue weighted by molar-refractivity contribution is 5.79. The highest BCUT2D eigenvalue weighted by Crippen LogP contribution is 2.44. The quantitative estimate of drug-likeness (QED) is 0.941. The van der Waals surface area contributed by atoms with Crippen LogP contribution in [0.25, 0.3) is 11.1 Å². The van der Waals surface area contributed by atoms with E-state index in [2.05, 4.69) is 4.98 Å². The number of aliphatic hydroxyl groups is 1. The molecule has 0 radical (unpaired) electrons. The lowest BCUT2D eigenvalue weighted by atomic mass is 9.69. The molecule has 5 nitrogen and oxygen atoms in total. The zero-order valence-corrected chi connectivity index (χ0v) is 14.1. The molecular formula is C19H24N2O3. The number of carbonyl (C=O) groups excluding carboxylic acids is 1. The second-order valence-corrected chi connectivity index (χ2v) is 7.27. The van der Waals surface area contributed by atoms with Gasteiger partial charge in [-0.25, -0.2) is 4.98 Å². The third-order valence-corrected chi connectivity index (χ3v) is 5.92. The van der Waals surface area contributed by atoms with Crippen LogP contribution in [0.4, 0.5) is 0 Å². The van der Waals surface area contributed by atoms with E-state index in [0.29, 0.717) is 18.4 Å². The molecule has 1 amide bonds. The second-order valence-electron chi connectivity index (χ2n) is 7.27. The Kier molecular flexibility index (Phi) is 3.83. The standard InChI is InChI=1S/C19H24N2O3/c1-2-19(23)9-5-6-13-11-21(12-14(13)19)18(22)10-17-20-15-7-3-4-8-16(15)24-17/h3-4,7-8,13-14,23H,2,5-6,9-12H2,1H3/t13-,14+,19-/m0/s1. The van der Waals surface area contributed by atoms with E-state index in [9.17, 15) is 9.90 Å². The van der Waals surface area contributed by atoms with Gasteiger partial charge in [0.15, 0.2) is 5.58 Å². The smallest absolute Gasteiger partial charge is 0.231 e. The van der Waals surface area contributed by atoms with Gasteiger partial charge in [-0.05, 0) is 37.3 Å². The molecule has 0 bridgehead atoms. The topological polar surface area (TPSA) is 66.6 Å². The van der Waals surface area contributed by atoms with E-state index in [4.69, 9.17) is 4.42 Å². The van der Waals surface area contributed by atoms with Crippen molar-refractivity contribution < 1.29 is 14.3 Å². The van der Waals surface area contributed by atoms with Crippen LogP contribution in [0.15, 0.2) is 28.7 Å². The first-order chi connectivity index (χ1) is 11.6. The largest absolute Gasteiger partial charge is 0.440 e. The van der Waals surface area contributed by atoms with Crippen LogP contribution in [0.3, 0.4) is 0 Å². The summed E-state index contributed by atoms with van der Waals surface area (Å²) < 4.78 is 5.67. The minimum absolute atomic E-state index is 0.0504. The van der Waals surface area contributed by atoms with Crippen molar-refractivity contribution in [3.05, 3.63) is 30.2 Å². The van der Waals surface area contributed by atoms with E-state index in [-0.39, 0.29) is 18.2 Å². The normalized spacial score (nSPS) is 29.8. The van der Waals surface area contributed by atoms with Crippen molar-refractivity contribution >= 4 is 17.0 Å². The van der Waals surface area contributed by atoms with Gasteiger partial charge in [-0.2, -0.15) is 0 Å². The van der Waals surface area contributed by atoms with Crippen molar-refractivity contribution in [3.8, 4) is 0 Å². The molecular weight excluding hydrogens is 304 g/mol. The highest BCUT2D eigenvalue weighted by Gasteiger charge is 2.48. The number of nitrogens with zero attached hydrogens (tertiary/aromatic N) is 2.